The van der Waals surface area contributed by atoms with E-state index in [0.29, 0.717) is 23.6 Å². The predicted octanol–water partition coefficient (Wildman–Crippen LogP) is 2.74. The fourth-order valence-electron chi connectivity index (χ4n) is 1.87. The minimum Gasteiger partial charge on any atom is -0.335 e. The van der Waals surface area contributed by atoms with Gasteiger partial charge in [-0.05, 0) is 18.6 Å². The van der Waals surface area contributed by atoms with Gasteiger partial charge in [0.05, 0.1) is 0 Å². The van der Waals surface area contributed by atoms with Crippen molar-refractivity contribution in [3.05, 3.63) is 41.7 Å². The highest BCUT2D eigenvalue weighted by atomic mass is 19.1. The molecule has 1 aromatic heterocycles. The molecule has 0 unspecified atom stereocenters. The summed E-state index contributed by atoms with van der Waals surface area (Å²) in [6.07, 6.45) is 2.71. The molecule has 0 amide bonds. The molecular weight excluding hydrogens is 264 g/mol. The number of halogens is 2. The zero-order chi connectivity index (χ0) is 14.5. The van der Waals surface area contributed by atoms with E-state index in [0.717, 1.165) is 6.42 Å². The van der Waals surface area contributed by atoms with Gasteiger partial charge < -0.3 is 10.7 Å². The third-order valence-corrected chi connectivity index (χ3v) is 2.79. The number of nitrogen functional groups attached to an aromatic ring is 1. The fraction of sp³-hybridized carbons (Fsp3) is 0.231. The lowest BCUT2D eigenvalue weighted by molar-refractivity contribution is 0.590. The normalized spacial score (nSPS) is 10.4. The number of hydrogen-bond donors (Lipinski definition) is 3. The van der Waals surface area contributed by atoms with Crippen LogP contribution in [0.25, 0.3) is 0 Å². The standard InChI is InChI=1S/C13H15F2N5/c1-2-4-8-12(17-7-18-13(8)20-16)19-11-9(14)5-3-6-10(11)15/h3,5-7H,2,4,16H2,1H3,(H2,17,18,19,20). The van der Waals surface area contributed by atoms with E-state index in [1.165, 1.54) is 24.5 Å². The molecule has 1 heterocycles. The zero-order valence-corrected chi connectivity index (χ0v) is 11.0. The van der Waals surface area contributed by atoms with Gasteiger partial charge in [0.15, 0.2) is 0 Å². The Balaban J connectivity index is 2.43. The molecule has 0 atom stereocenters. The number of hydrazine groups is 1. The van der Waals surface area contributed by atoms with Crippen molar-refractivity contribution >= 4 is 17.3 Å². The Morgan fingerprint density at radius 1 is 1.15 bits per heavy atom. The van der Waals surface area contributed by atoms with Crippen LogP contribution in [0.15, 0.2) is 24.5 Å². The minimum absolute atomic E-state index is 0.244. The number of benzene rings is 1. The Morgan fingerprint density at radius 2 is 1.80 bits per heavy atom. The van der Waals surface area contributed by atoms with Gasteiger partial charge >= 0.3 is 0 Å². The molecule has 1 aromatic carbocycles. The molecule has 0 spiro atoms. The smallest absolute Gasteiger partial charge is 0.149 e. The molecule has 4 N–H and O–H groups in total. The second-order valence-electron chi connectivity index (χ2n) is 4.17. The quantitative estimate of drug-likeness (QED) is 0.579. The molecular formula is C13H15F2N5. The van der Waals surface area contributed by atoms with Crippen LogP contribution in [0.1, 0.15) is 18.9 Å². The lowest BCUT2D eigenvalue weighted by Crippen LogP contribution is -2.13. The lowest BCUT2D eigenvalue weighted by atomic mass is 10.1. The van der Waals surface area contributed by atoms with E-state index in [1.807, 2.05) is 6.92 Å². The number of para-hydroxylation sites is 1. The summed E-state index contributed by atoms with van der Waals surface area (Å²) in [5.41, 5.74) is 2.89. The Kier molecular flexibility index (Phi) is 4.41. The number of nitrogens with one attached hydrogen (secondary N) is 2. The van der Waals surface area contributed by atoms with Gasteiger partial charge in [-0.2, -0.15) is 0 Å². The third-order valence-electron chi connectivity index (χ3n) is 2.79. The Labute approximate surface area is 115 Å². The molecule has 0 aliphatic carbocycles. The molecule has 0 aliphatic heterocycles. The predicted molar refractivity (Wildman–Crippen MR) is 73.5 cm³/mol. The van der Waals surface area contributed by atoms with E-state index in [-0.39, 0.29) is 5.69 Å². The molecule has 2 rings (SSSR count). The maximum Gasteiger partial charge on any atom is 0.149 e. The summed E-state index contributed by atoms with van der Waals surface area (Å²) in [5, 5.41) is 2.67. The number of nitrogens with two attached hydrogens (primary N) is 1. The van der Waals surface area contributed by atoms with Gasteiger partial charge in [0.2, 0.25) is 0 Å². The number of hydrogen-bond acceptors (Lipinski definition) is 5. The van der Waals surface area contributed by atoms with Crippen molar-refractivity contribution in [3.8, 4) is 0 Å². The summed E-state index contributed by atoms with van der Waals surface area (Å²) in [7, 11) is 0. The first-order chi connectivity index (χ1) is 9.67. The molecule has 5 nitrogen and oxygen atoms in total. The summed E-state index contributed by atoms with van der Waals surface area (Å²) in [4.78, 5) is 8.02. The maximum absolute atomic E-state index is 13.6. The van der Waals surface area contributed by atoms with Crippen molar-refractivity contribution in [2.45, 2.75) is 19.8 Å². The van der Waals surface area contributed by atoms with E-state index in [9.17, 15) is 8.78 Å². The van der Waals surface area contributed by atoms with E-state index >= 15 is 0 Å². The van der Waals surface area contributed by atoms with Crippen LogP contribution < -0.4 is 16.6 Å². The van der Waals surface area contributed by atoms with E-state index in [4.69, 9.17) is 5.84 Å². The number of nitrogens with zero attached hydrogens (tertiary/aromatic N) is 2. The highest BCUT2D eigenvalue weighted by Gasteiger charge is 2.14. The van der Waals surface area contributed by atoms with Crippen LogP contribution in [0.2, 0.25) is 0 Å². The fourth-order valence-corrected chi connectivity index (χ4v) is 1.87. The van der Waals surface area contributed by atoms with Crippen molar-refractivity contribution in [3.63, 3.8) is 0 Å². The largest absolute Gasteiger partial charge is 0.335 e. The summed E-state index contributed by atoms with van der Waals surface area (Å²) in [5.74, 6) is 4.78. The highest BCUT2D eigenvalue weighted by Crippen LogP contribution is 2.27. The van der Waals surface area contributed by atoms with Crippen molar-refractivity contribution in [2.24, 2.45) is 5.84 Å². The molecule has 20 heavy (non-hydrogen) atoms. The molecule has 0 aliphatic rings. The van der Waals surface area contributed by atoms with Crippen molar-refractivity contribution in [1.29, 1.82) is 0 Å². The third kappa shape index (κ3) is 2.83. The molecule has 0 saturated carbocycles. The molecule has 0 fully saturated rings. The van der Waals surface area contributed by atoms with Gasteiger partial charge in [-0.1, -0.05) is 19.4 Å². The van der Waals surface area contributed by atoms with Gasteiger partial charge in [0.25, 0.3) is 0 Å². The summed E-state index contributed by atoms with van der Waals surface area (Å²) in [6.45, 7) is 1.97. The van der Waals surface area contributed by atoms with Crippen LogP contribution in [0.4, 0.5) is 26.1 Å². The molecule has 2 aromatic rings. The van der Waals surface area contributed by atoms with Crippen LogP contribution in [-0.2, 0) is 6.42 Å². The second kappa shape index (κ2) is 6.25. The summed E-state index contributed by atoms with van der Waals surface area (Å²) >= 11 is 0. The molecule has 0 bridgehead atoms. The van der Waals surface area contributed by atoms with Crippen LogP contribution in [-0.4, -0.2) is 9.97 Å². The monoisotopic (exact) mass is 279 g/mol. The second-order valence-corrected chi connectivity index (χ2v) is 4.17. The van der Waals surface area contributed by atoms with Crippen molar-refractivity contribution in [1.82, 2.24) is 9.97 Å². The van der Waals surface area contributed by atoms with Gasteiger partial charge in [-0.15, -0.1) is 0 Å². The summed E-state index contributed by atoms with van der Waals surface area (Å²) in [6, 6.07) is 3.65. The first kappa shape index (κ1) is 14.1. The van der Waals surface area contributed by atoms with Crippen LogP contribution >= 0.6 is 0 Å². The Bertz CT molecular complexity index is 583. The number of aromatic nitrogens is 2. The van der Waals surface area contributed by atoms with Gasteiger partial charge in [0.1, 0.15) is 35.3 Å². The van der Waals surface area contributed by atoms with Gasteiger partial charge in [0, 0.05) is 5.56 Å². The topological polar surface area (TPSA) is 75.9 Å². The lowest BCUT2D eigenvalue weighted by Gasteiger charge is -2.14. The Morgan fingerprint density at radius 3 is 2.40 bits per heavy atom. The SMILES string of the molecule is CCCc1c(NN)ncnc1Nc1c(F)cccc1F. The van der Waals surface area contributed by atoms with Crippen molar-refractivity contribution < 1.29 is 8.78 Å². The maximum atomic E-state index is 13.6. The van der Waals surface area contributed by atoms with Crippen LogP contribution in [0.3, 0.4) is 0 Å². The molecule has 7 heteroatoms. The van der Waals surface area contributed by atoms with Crippen LogP contribution in [0, 0.1) is 11.6 Å². The van der Waals surface area contributed by atoms with Gasteiger partial charge in [-0.3, -0.25) is 0 Å². The molecule has 0 saturated heterocycles. The van der Waals surface area contributed by atoms with E-state index < -0.39 is 11.6 Å². The summed E-state index contributed by atoms with van der Waals surface area (Å²) < 4.78 is 27.3. The van der Waals surface area contributed by atoms with E-state index in [1.54, 1.807) is 0 Å². The average Bonchev–Trinajstić information content (AvgIpc) is 2.44. The van der Waals surface area contributed by atoms with Crippen molar-refractivity contribution in [2.75, 3.05) is 10.7 Å². The number of anilines is 3. The number of rotatable bonds is 5. The Hall–Kier alpha value is -2.28. The molecule has 106 valence electrons. The zero-order valence-electron chi connectivity index (χ0n) is 11.0. The van der Waals surface area contributed by atoms with Crippen LogP contribution in [0.5, 0.6) is 0 Å². The van der Waals surface area contributed by atoms with E-state index in [2.05, 4.69) is 20.7 Å². The minimum atomic E-state index is -0.687. The average molecular weight is 279 g/mol. The van der Waals surface area contributed by atoms with Gasteiger partial charge in [-0.25, -0.2) is 24.6 Å². The first-order valence-corrected chi connectivity index (χ1v) is 6.18. The molecule has 0 radical (unpaired) electrons. The highest BCUT2D eigenvalue weighted by molar-refractivity contribution is 5.65. The first-order valence-electron chi connectivity index (χ1n) is 6.18.